The Morgan fingerprint density at radius 2 is 1.15 bits per heavy atom. The molecule has 33 heavy (non-hydrogen) atoms. The third-order valence-corrected chi connectivity index (χ3v) is 7.22. The summed E-state index contributed by atoms with van der Waals surface area (Å²) in [7, 11) is 0. The van der Waals surface area contributed by atoms with Crippen LogP contribution in [0.5, 0.6) is 0 Å². The number of hydrogen-bond donors (Lipinski definition) is 0. The summed E-state index contributed by atoms with van der Waals surface area (Å²) in [6.07, 6.45) is 0. The lowest BCUT2D eigenvalue weighted by molar-refractivity contribution is 0.620. The molecule has 1 aliphatic rings. The van der Waals surface area contributed by atoms with Crippen molar-refractivity contribution in [1.82, 2.24) is 9.97 Å². The van der Waals surface area contributed by atoms with Gasteiger partial charge in [0.15, 0.2) is 0 Å². The summed E-state index contributed by atoms with van der Waals surface area (Å²) >= 11 is 0. The Hall–Kier alpha value is -4.04. The first kappa shape index (κ1) is 18.5. The summed E-state index contributed by atoms with van der Waals surface area (Å²) in [5.41, 5.74) is 8.65. The van der Waals surface area contributed by atoms with Gasteiger partial charge in [0.05, 0.1) is 22.4 Å². The van der Waals surface area contributed by atoms with Crippen LogP contribution in [0.3, 0.4) is 0 Å². The van der Waals surface area contributed by atoms with Crippen molar-refractivity contribution >= 4 is 32.6 Å². The van der Waals surface area contributed by atoms with Gasteiger partial charge in [-0.1, -0.05) is 92.7 Å². The first-order chi connectivity index (χ1) is 16.1. The van der Waals surface area contributed by atoms with Crippen LogP contribution in [0, 0.1) is 0 Å². The van der Waals surface area contributed by atoms with E-state index < -0.39 is 0 Å². The molecule has 0 spiro atoms. The minimum Gasteiger partial charge on any atom is -0.251 e. The van der Waals surface area contributed by atoms with Crippen LogP contribution >= 0.6 is 0 Å². The molecule has 8 bridgehead atoms. The first-order valence-electron chi connectivity index (χ1n) is 11.4. The maximum Gasteiger partial charge on any atom is 0.0809 e. The highest BCUT2D eigenvalue weighted by molar-refractivity contribution is 6.17. The summed E-state index contributed by atoms with van der Waals surface area (Å²) < 4.78 is 0. The van der Waals surface area contributed by atoms with Gasteiger partial charge >= 0.3 is 0 Å². The molecule has 0 amide bonds. The summed E-state index contributed by atoms with van der Waals surface area (Å²) in [4.78, 5) is 10.5. The largest absolute Gasteiger partial charge is 0.251 e. The topological polar surface area (TPSA) is 25.8 Å². The quantitative estimate of drug-likeness (QED) is 0.232. The van der Waals surface area contributed by atoms with Gasteiger partial charge in [0.2, 0.25) is 0 Å². The molecule has 0 atom stereocenters. The van der Waals surface area contributed by atoms with Crippen molar-refractivity contribution in [1.29, 1.82) is 0 Å². The zero-order valence-corrected chi connectivity index (χ0v) is 18.6. The van der Waals surface area contributed by atoms with E-state index in [-0.39, 0.29) is 5.41 Å². The molecule has 2 nitrogen and oxygen atoms in total. The Balaban J connectivity index is 1.71. The smallest absolute Gasteiger partial charge is 0.0809 e. The first-order valence-corrected chi connectivity index (χ1v) is 11.4. The van der Waals surface area contributed by atoms with Crippen molar-refractivity contribution in [2.45, 2.75) is 19.3 Å². The van der Waals surface area contributed by atoms with Crippen LogP contribution in [-0.2, 0) is 5.41 Å². The van der Waals surface area contributed by atoms with Crippen LogP contribution in [-0.4, -0.2) is 9.97 Å². The van der Waals surface area contributed by atoms with Gasteiger partial charge in [-0.3, -0.25) is 4.98 Å². The van der Waals surface area contributed by atoms with Crippen molar-refractivity contribution in [3.8, 4) is 22.4 Å². The summed E-state index contributed by atoms with van der Waals surface area (Å²) in [6.45, 7) is 4.53. The molecule has 7 rings (SSSR count). The van der Waals surface area contributed by atoms with Crippen LogP contribution in [0.2, 0.25) is 0 Å². The maximum absolute atomic E-state index is 5.29. The molecule has 0 saturated heterocycles. The average molecular weight is 423 g/mol. The van der Waals surface area contributed by atoms with E-state index in [2.05, 4.69) is 111 Å². The summed E-state index contributed by atoms with van der Waals surface area (Å²) in [5, 5.41) is 4.58. The standard InChI is InChI=1S/C31H22N2/c1-31(2)25-8-4-6-23(18-25)22-5-3-7-24(17-22)26-15-13-20-11-9-19-10-12-21-14-16-27(31)33-30(21)28(19)29(20)32-26/h3-18H,1-2H3. The average Bonchev–Trinajstić information content (AvgIpc) is 2.87. The molecule has 6 aromatic rings. The molecule has 4 aromatic carbocycles. The second-order valence-electron chi connectivity index (χ2n) is 9.55. The van der Waals surface area contributed by atoms with Crippen molar-refractivity contribution in [2.24, 2.45) is 0 Å². The zero-order chi connectivity index (χ0) is 22.2. The van der Waals surface area contributed by atoms with Crippen LogP contribution in [0.25, 0.3) is 55.0 Å². The number of fused-ring (bicyclic) bond motifs is 8. The molecule has 3 heterocycles. The van der Waals surface area contributed by atoms with Gasteiger partial charge in [-0.25, -0.2) is 4.98 Å². The van der Waals surface area contributed by atoms with Crippen molar-refractivity contribution < 1.29 is 0 Å². The normalized spacial score (nSPS) is 14.0. The number of pyridine rings is 2. The van der Waals surface area contributed by atoms with Gasteiger partial charge in [-0.05, 0) is 40.3 Å². The molecule has 2 heteroatoms. The fourth-order valence-electron chi connectivity index (χ4n) is 5.18. The fraction of sp³-hybridized carbons (Fsp3) is 0.0968. The van der Waals surface area contributed by atoms with E-state index in [1.54, 1.807) is 0 Å². The van der Waals surface area contributed by atoms with Gasteiger partial charge in [0.1, 0.15) is 0 Å². The van der Waals surface area contributed by atoms with E-state index in [1.807, 2.05) is 0 Å². The molecule has 0 unspecified atom stereocenters. The second kappa shape index (κ2) is 6.49. The number of hydrogen-bond acceptors (Lipinski definition) is 2. The van der Waals surface area contributed by atoms with Crippen LogP contribution in [0.4, 0.5) is 0 Å². The molecule has 1 aliphatic heterocycles. The van der Waals surface area contributed by atoms with Gasteiger partial charge in [-0.2, -0.15) is 0 Å². The highest BCUT2D eigenvalue weighted by atomic mass is 14.7. The Labute approximate surface area is 192 Å². The predicted octanol–water partition coefficient (Wildman–Crippen LogP) is 7.91. The van der Waals surface area contributed by atoms with Crippen molar-refractivity contribution in [3.05, 3.63) is 108 Å². The zero-order valence-electron chi connectivity index (χ0n) is 18.6. The molecule has 2 aromatic heterocycles. The highest BCUT2D eigenvalue weighted by Crippen LogP contribution is 2.37. The SMILES string of the molecule is CC1(C)c2cccc(c2)-c2cccc(c2)-c2ccc3ccc4ccc5ccc1nc5c4c3n2. The van der Waals surface area contributed by atoms with Crippen molar-refractivity contribution in [2.75, 3.05) is 0 Å². The Kier molecular flexibility index (Phi) is 3.64. The number of rotatable bonds is 0. The molecular weight excluding hydrogens is 400 g/mol. The van der Waals surface area contributed by atoms with Gasteiger partial charge in [0, 0.05) is 27.1 Å². The van der Waals surface area contributed by atoms with E-state index >= 15 is 0 Å². The van der Waals surface area contributed by atoms with E-state index in [0.717, 1.165) is 44.1 Å². The maximum atomic E-state index is 5.29. The lowest BCUT2D eigenvalue weighted by atomic mass is 9.80. The molecule has 156 valence electrons. The Morgan fingerprint density at radius 1 is 0.545 bits per heavy atom. The Bertz CT molecular complexity index is 1740. The molecule has 0 saturated carbocycles. The second-order valence-corrected chi connectivity index (χ2v) is 9.55. The number of aromatic nitrogens is 2. The monoisotopic (exact) mass is 422 g/mol. The molecule has 0 N–H and O–H groups in total. The van der Waals surface area contributed by atoms with Gasteiger partial charge in [0.25, 0.3) is 0 Å². The lowest BCUT2D eigenvalue weighted by Crippen LogP contribution is -2.20. The fourth-order valence-corrected chi connectivity index (χ4v) is 5.18. The molecule has 0 fully saturated rings. The van der Waals surface area contributed by atoms with Gasteiger partial charge in [-0.15, -0.1) is 0 Å². The van der Waals surface area contributed by atoms with Crippen LogP contribution in [0.15, 0.2) is 97.1 Å². The van der Waals surface area contributed by atoms with Crippen LogP contribution in [0.1, 0.15) is 25.1 Å². The lowest BCUT2D eigenvalue weighted by Gasteiger charge is -2.26. The van der Waals surface area contributed by atoms with Crippen LogP contribution < -0.4 is 0 Å². The van der Waals surface area contributed by atoms with E-state index in [1.165, 1.54) is 22.1 Å². The minimum absolute atomic E-state index is 0.239. The third-order valence-electron chi connectivity index (χ3n) is 7.22. The minimum atomic E-state index is -0.239. The predicted molar refractivity (Wildman–Crippen MR) is 138 cm³/mol. The summed E-state index contributed by atoms with van der Waals surface area (Å²) in [5.74, 6) is 0. The third kappa shape index (κ3) is 2.67. The Morgan fingerprint density at radius 3 is 1.97 bits per heavy atom. The van der Waals surface area contributed by atoms with E-state index in [0.29, 0.717) is 0 Å². The van der Waals surface area contributed by atoms with Crippen molar-refractivity contribution in [3.63, 3.8) is 0 Å². The number of benzene rings is 4. The number of nitrogens with zero attached hydrogens (tertiary/aromatic N) is 2. The van der Waals surface area contributed by atoms with E-state index in [9.17, 15) is 0 Å². The van der Waals surface area contributed by atoms with Gasteiger partial charge < -0.3 is 0 Å². The molecular formula is C31H22N2. The summed E-state index contributed by atoms with van der Waals surface area (Å²) in [6, 6.07) is 35.0. The van der Waals surface area contributed by atoms with E-state index in [4.69, 9.17) is 9.97 Å². The molecule has 0 radical (unpaired) electrons. The highest BCUT2D eigenvalue weighted by Gasteiger charge is 2.26. The molecule has 0 aliphatic carbocycles.